The monoisotopic (exact) mass is 963 g/mol. The second-order valence-corrected chi connectivity index (χ2v) is 18.6. The Hall–Kier alpha value is -6.57. The number of hydrogen-bond donors (Lipinski definition) is 8. The van der Waals surface area contributed by atoms with Crippen molar-refractivity contribution in [3.05, 3.63) is 65.7 Å². The number of carboxylic acid groups (broad SMARTS) is 1. The Kier molecular flexibility index (Phi) is 20.5. The third kappa shape index (κ3) is 15.7. The molecule has 0 radical (unpaired) electrons. The zero-order valence-electron chi connectivity index (χ0n) is 40.4. The second kappa shape index (κ2) is 25.7. The van der Waals surface area contributed by atoms with E-state index in [2.05, 4.69) is 26.6 Å². The third-order valence-electron chi connectivity index (χ3n) is 12.2. The lowest BCUT2D eigenvalue weighted by molar-refractivity contribution is -0.166. The number of aliphatic hydroxyl groups is 1. The number of piperidine rings is 1. The lowest BCUT2D eigenvalue weighted by Crippen LogP contribution is -2.65. The van der Waals surface area contributed by atoms with Gasteiger partial charge in [0.05, 0.1) is 6.42 Å². The number of nitrogens with zero attached hydrogens (tertiary/aromatic N) is 2. The number of esters is 1. The van der Waals surface area contributed by atoms with Gasteiger partial charge in [-0.05, 0) is 67.7 Å². The minimum absolute atomic E-state index is 0.0136. The average molecular weight is 964 g/mol. The molecular weight excluding hydrogens is 895 g/mol. The number of cyclic esters (lactones) is 1. The van der Waals surface area contributed by atoms with Gasteiger partial charge in [0.1, 0.15) is 60.4 Å². The predicted molar refractivity (Wildman–Crippen MR) is 250 cm³/mol. The lowest BCUT2D eigenvalue weighted by atomic mass is 9.94. The minimum Gasteiger partial charge on any atom is -0.508 e. The smallest absolute Gasteiger partial charge is 0.329 e. The molecule has 2 aliphatic rings. The number of phenols is 1. The molecule has 0 aliphatic carbocycles. The summed E-state index contributed by atoms with van der Waals surface area (Å²) in [7, 11) is 1.39. The number of ether oxygens (including phenoxy) is 1. The number of carbonyl (C=O) groups is 9. The summed E-state index contributed by atoms with van der Waals surface area (Å²) in [5.41, 5.74) is 1.08. The van der Waals surface area contributed by atoms with Crippen LogP contribution in [-0.4, -0.2) is 140 Å². The van der Waals surface area contributed by atoms with Crippen molar-refractivity contribution in [2.75, 3.05) is 7.05 Å². The molecular formula is C49H69N7O13. The van der Waals surface area contributed by atoms with Crippen LogP contribution in [0.15, 0.2) is 54.6 Å². The number of aliphatic carboxylic acids is 1. The van der Waals surface area contributed by atoms with Crippen molar-refractivity contribution >= 4 is 53.3 Å². The van der Waals surface area contributed by atoms with Gasteiger partial charge in [-0.3, -0.25) is 38.4 Å². The van der Waals surface area contributed by atoms with Crippen LogP contribution in [-0.2, 0) is 60.7 Å². The first-order valence-electron chi connectivity index (χ1n) is 23.6. The molecule has 2 heterocycles. The van der Waals surface area contributed by atoms with Crippen LogP contribution in [0.3, 0.4) is 0 Å². The number of fused-ring (bicyclic) bond motifs is 2. The van der Waals surface area contributed by atoms with Crippen LogP contribution in [0, 0.1) is 11.8 Å². The number of phenolic OH excluding ortho intramolecular Hbond substituents is 1. The Bertz CT molecular complexity index is 2140. The largest absolute Gasteiger partial charge is 0.508 e. The number of benzene rings is 2. The fourth-order valence-electron chi connectivity index (χ4n) is 8.33. The number of carbonyl (C=O) groups excluding carboxylic acids is 8. The minimum atomic E-state index is -1.87. The molecule has 2 bridgehead atoms. The van der Waals surface area contributed by atoms with E-state index < -0.39 is 120 Å². The molecule has 0 spiro atoms. The van der Waals surface area contributed by atoms with E-state index in [1.54, 1.807) is 44.2 Å². The van der Waals surface area contributed by atoms with E-state index in [4.69, 9.17) is 4.74 Å². The molecule has 378 valence electrons. The molecule has 0 unspecified atom stereocenters. The molecule has 2 fully saturated rings. The van der Waals surface area contributed by atoms with Crippen molar-refractivity contribution in [2.24, 2.45) is 11.8 Å². The zero-order valence-corrected chi connectivity index (χ0v) is 40.4. The number of nitrogens with one attached hydrogen (secondary N) is 5. The van der Waals surface area contributed by atoms with Crippen LogP contribution in [0.4, 0.5) is 0 Å². The van der Waals surface area contributed by atoms with Gasteiger partial charge >= 0.3 is 11.9 Å². The summed E-state index contributed by atoms with van der Waals surface area (Å²) >= 11 is 0. The second-order valence-electron chi connectivity index (χ2n) is 18.6. The highest BCUT2D eigenvalue weighted by Crippen LogP contribution is 2.26. The SMILES string of the molecule is CCCCCC(=O)N[C@@H](CC(=O)O)C(=O)N[C@@H]1C(=O)N[C@@H](Cc2ccc(O)cc2)C(=O)N[C@H]2CC[C@@H](O)N(C2=O)[C@@H](CC(C)C)C(=O)N(C)[C@@H](Cc2ccccc2)C(=O)N[C@@H](C(C)C)C(=O)O[C@H]1C. The van der Waals surface area contributed by atoms with Crippen molar-refractivity contribution in [3.63, 3.8) is 0 Å². The predicted octanol–water partition coefficient (Wildman–Crippen LogP) is 1.44. The normalized spacial score (nSPS) is 24.8. The van der Waals surface area contributed by atoms with E-state index >= 15 is 0 Å². The number of hydrogen-bond acceptors (Lipinski definition) is 12. The Balaban J connectivity index is 1.87. The first-order valence-corrected chi connectivity index (χ1v) is 23.6. The molecule has 69 heavy (non-hydrogen) atoms. The van der Waals surface area contributed by atoms with E-state index in [1.807, 2.05) is 20.8 Å². The number of unbranched alkanes of at least 4 members (excludes halogenated alkanes) is 2. The Labute approximate surface area is 402 Å². The van der Waals surface area contributed by atoms with Gasteiger partial charge in [0.2, 0.25) is 41.4 Å². The van der Waals surface area contributed by atoms with Crippen molar-refractivity contribution in [1.29, 1.82) is 0 Å². The van der Waals surface area contributed by atoms with Gasteiger partial charge in [-0.2, -0.15) is 0 Å². The zero-order chi connectivity index (χ0) is 51.1. The standard InChI is InChI=1S/C49H69N7O13/c1-8-9-11-16-38(58)50-35(26-40(60)61)44(63)54-42-29(6)69-49(68)41(28(4)5)53-45(64)36(25-30-14-12-10-13-15-30)55(7)48(67)37(23-27(2)3)56-39(59)22-21-33(47(56)66)51-43(62)34(52-46(42)65)24-31-17-19-32(57)20-18-31/h10,12-15,17-20,27-29,33-37,39,41-42,57,59H,8-9,11,16,21-26H2,1-7H3,(H,50,58)(H,51,62)(H,52,65)(H,53,64)(H,54,63)(H,60,61)/t29-,33-,34-,35-,36-,37-,39+,41-,42-/m0/s1. The molecule has 7 amide bonds. The van der Waals surface area contributed by atoms with Gasteiger partial charge in [0, 0.05) is 26.3 Å². The van der Waals surface area contributed by atoms with Crippen molar-refractivity contribution < 1.29 is 63.2 Å². The van der Waals surface area contributed by atoms with E-state index in [1.165, 1.54) is 43.1 Å². The lowest BCUT2D eigenvalue weighted by Gasteiger charge is -2.43. The maximum absolute atomic E-state index is 14.8. The Morgan fingerprint density at radius 3 is 2.07 bits per heavy atom. The summed E-state index contributed by atoms with van der Waals surface area (Å²) in [5, 5.41) is 44.0. The topological polar surface area (TPSA) is 290 Å². The van der Waals surface area contributed by atoms with Crippen LogP contribution in [0.5, 0.6) is 5.75 Å². The molecule has 4 rings (SSSR count). The molecule has 2 aromatic rings. The summed E-state index contributed by atoms with van der Waals surface area (Å²) in [5.74, 6) is -9.51. The highest BCUT2D eigenvalue weighted by molar-refractivity contribution is 5.99. The van der Waals surface area contributed by atoms with E-state index in [9.17, 15) is 58.5 Å². The summed E-state index contributed by atoms with van der Waals surface area (Å²) in [4.78, 5) is 128. The number of amides is 7. The average Bonchev–Trinajstić information content (AvgIpc) is 3.28. The van der Waals surface area contributed by atoms with E-state index in [0.29, 0.717) is 24.0 Å². The summed E-state index contributed by atoms with van der Waals surface area (Å²) < 4.78 is 5.85. The van der Waals surface area contributed by atoms with Gasteiger partial charge in [0.25, 0.3) is 0 Å². The van der Waals surface area contributed by atoms with Crippen LogP contribution in [0.1, 0.15) is 104 Å². The molecule has 2 aliphatic heterocycles. The molecule has 20 heteroatoms. The Morgan fingerprint density at radius 1 is 0.812 bits per heavy atom. The highest BCUT2D eigenvalue weighted by atomic mass is 16.5. The van der Waals surface area contributed by atoms with Crippen LogP contribution < -0.4 is 26.6 Å². The molecule has 9 atom stereocenters. The van der Waals surface area contributed by atoms with Gasteiger partial charge in [-0.15, -0.1) is 0 Å². The molecule has 0 aromatic heterocycles. The fraction of sp³-hybridized carbons (Fsp3) is 0.571. The van der Waals surface area contributed by atoms with Crippen LogP contribution in [0.2, 0.25) is 0 Å². The number of likely N-dealkylation sites (N-methyl/N-ethyl adjacent to an activating group) is 1. The number of carboxylic acids is 1. The fourth-order valence-corrected chi connectivity index (χ4v) is 8.33. The van der Waals surface area contributed by atoms with E-state index in [-0.39, 0.29) is 50.2 Å². The molecule has 20 nitrogen and oxygen atoms in total. The van der Waals surface area contributed by atoms with Crippen molar-refractivity contribution in [2.45, 2.75) is 160 Å². The van der Waals surface area contributed by atoms with Gasteiger partial charge < -0.3 is 56.4 Å². The molecule has 2 aromatic carbocycles. The first kappa shape index (κ1) is 55.0. The Morgan fingerprint density at radius 2 is 1.46 bits per heavy atom. The summed E-state index contributed by atoms with van der Waals surface area (Å²) in [6, 6.07) is 3.99. The van der Waals surface area contributed by atoms with Gasteiger partial charge in [-0.25, -0.2) is 4.79 Å². The van der Waals surface area contributed by atoms with Crippen LogP contribution >= 0.6 is 0 Å². The quantitative estimate of drug-likeness (QED) is 0.0875. The van der Waals surface area contributed by atoms with Gasteiger partial charge in [-0.1, -0.05) is 89.9 Å². The summed E-state index contributed by atoms with van der Waals surface area (Å²) in [6.07, 6.45) is -2.41. The van der Waals surface area contributed by atoms with Crippen LogP contribution in [0.25, 0.3) is 0 Å². The maximum atomic E-state index is 14.8. The van der Waals surface area contributed by atoms with Crippen molar-refractivity contribution in [1.82, 2.24) is 36.4 Å². The summed E-state index contributed by atoms with van der Waals surface area (Å²) in [6.45, 7) is 10.1. The van der Waals surface area contributed by atoms with Crippen molar-refractivity contribution in [3.8, 4) is 5.75 Å². The maximum Gasteiger partial charge on any atom is 0.329 e. The number of rotatable bonds is 16. The molecule has 0 saturated carbocycles. The van der Waals surface area contributed by atoms with Gasteiger partial charge in [0.15, 0.2) is 0 Å². The molecule has 2 saturated heterocycles. The molecule has 8 N–H and O–H groups in total. The third-order valence-corrected chi connectivity index (χ3v) is 12.2. The van der Waals surface area contributed by atoms with E-state index in [0.717, 1.165) is 11.3 Å². The number of aliphatic hydroxyl groups excluding tert-OH is 1. The first-order chi connectivity index (χ1) is 32.6. The number of aromatic hydroxyl groups is 1. The highest BCUT2D eigenvalue weighted by Gasteiger charge is 2.46.